The van der Waals surface area contributed by atoms with Crippen molar-refractivity contribution < 1.29 is 30.4 Å². The number of fused-ring (bicyclic) bond motifs is 6. The third-order valence-electron chi connectivity index (χ3n) is 6.44. The van der Waals surface area contributed by atoms with Gasteiger partial charge in [-0.1, -0.05) is 48.2 Å². The van der Waals surface area contributed by atoms with Gasteiger partial charge in [0, 0.05) is 39.1 Å². The molecule has 5 nitrogen and oxygen atoms in total. The summed E-state index contributed by atoms with van der Waals surface area (Å²) in [6.07, 6.45) is 4.31. The maximum Gasteiger partial charge on any atom is 0.242 e. The van der Waals surface area contributed by atoms with Crippen LogP contribution in [-0.4, -0.2) is 14.1 Å². The molecule has 0 fully saturated rings. The number of nitrogens with zero attached hydrogens (tertiary/aromatic N) is 4. The maximum absolute atomic E-state index is 6.23. The topological polar surface area (TPSA) is 35.9 Å². The van der Waals surface area contributed by atoms with Crippen LogP contribution in [-0.2, 0) is 41.1 Å². The molecule has 0 aliphatic carbocycles. The Morgan fingerprint density at radius 2 is 1.66 bits per heavy atom. The fourth-order valence-electron chi connectivity index (χ4n) is 4.82. The number of benzene rings is 4. The normalized spacial score (nSPS) is 12.3. The first-order valence-corrected chi connectivity index (χ1v) is 11.3. The third kappa shape index (κ3) is 3.59. The van der Waals surface area contributed by atoms with Crippen molar-refractivity contribution in [1.82, 2.24) is 14.1 Å². The van der Waals surface area contributed by atoms with E-state index >= 15 is 0 Å². The quantitative estimate of drug-likeness (QED) is 0.198. The average molecular weight is 636 g/mol. The van der Waals surface area contributed by atoms with Crippen LogP contribution in [0.25, 0.3) is 39.1 Å². The summed E-state index contributed by atoms with van der Waals surface area (Å²) in [5.74, 6) is 2.23. The monoisotopic (exact) mass is 635 g/mol. The molecule has 0 saturated carbocycles. The molecule has 7 rings (SSSR count). The van der Waals surface area contributed by atoms with Crippen LogP contribution >= 0.6 is 0 Å². The summed E-state index contributed by atoms with van der Waals surface area (Å²) < 4.78 is 12.5. The largest absolute Gasteiger partial charge is 0.504 e. The number of para-hydroxylation sites is 4. The van der Waals surface area contributed by atoms with Crippen LogP contribution in [0.1, 0.15) is 5.56 Å². The Bertz CT molecular complexity index is 1720. The van der Waals surface area contributed by atoms with Gasteiger partial charge in [-0.25, -0.2) is 0 Å². The van der Waals surface area contributed by atoms with Crippen LogP contribution in [0.2, 0.25) is 0 Å². The molecule has 0 N–H and O–H groups in total. The smallest absolute Gasteiger partial charge is 0.242 e. The van der Waals surface area contributed by atoms with Crippen LogP contribution in [0.4, 0.5) is 0 Å². The molecular formula is C29H20N4OPt-2. The first kappa shape index (κ1) is 21.8. The Labute approximate surface area is 217 Å². The molecule has 0 amide bonds. The second-order valence-electron chi connectivity index (χ2n) is 8.53. The van der Waals surface area contributed by atoms with Crippen LogP contribution in [0.3, 0.4) is 0 Å². The van der Waals surface area contributed by atoms with Gasteiger partial charge in [-0.2, -0.15) is 12.1 Å². The molecule has 174 valence electrons. The van der Waals surface area contributed by atoms with E-state index in [4.69, 9.17) is 9.72 Å². The molecule has 2 aromatic heterocycles. The van der Waals surface area contributed by atoms with E-state index in [-0.39, 0.29) is 21.1 Å². The summed E-state index contributed by atoms with van der Waals surface area (Å²) in [4.78, 5) is 4.89. The molecule has 6 heteroatoms. The maximum atomic E-state index is 6.23. The van der Waals surface area contributed by atoms with Crippen molar-refractivity contribution in [3.63, 3.8) is 0 Å². The number of ether oxygens (including phenoxy) is 1. The van der Waals surface area contributed by atoms with Crippen LogP contribution in [0.5, 0.6) is 11.5 Å². The van der Waals surface area contributed by atoms with E-state index in [9.17, 15) is 0 Å². The Kier molecular flexibility index (Phi) is 5.30. The van der Waals surface area contributed by atoms with E-state index in [0.29, 0.717) is 11.5 Å². The Balaban J connectivity index is 0.00000229. The molecule has 35 heavy (non-hydrogen) atoms. The van der Waals surface area contributed by atoms with Crippen molar-refractivity contribution >= 4 is 22.1 Å². The van der Waals surface area contributed by atoms with Gasteiger partial charge in [-0.3, -0.25) is 4.98 Å². The average Bonchev–Trinajstić information content (AvgIpc) is 3.43. The van der Waals surface area contributed by atoms with Crippen LogP contribution in [0, 0.1) is 18.5 Å². The summed E-state index contributed by atoms with van der Waals surface area (Å²) in [7, 11) is 1.99. The van der Waals surface area contributed by atoms with Gasteiger partial charge in [0.2, 0.25) is 6.33 Å². The number of rotatable bonds is 3. The SMILES string of the molecule is C[n+]1[c-]n(-c2[c-]c(Oc3[c-]c4c(cc3)CCn3c-4nc4ccccc43)ccc2)c2ccccc21.[Pt]. The third-order valence-corrected chi connectivity index (χ3v) is 6.44. The van der Waals surface area contributed by atoms with E-state index < -0.39 is 0 Å². The Hall–Kier alpha value is -3.69. The van der Waals surface area contributed by atoms with Crippen LogP contribution < -0.4 is 9.30 Å². The molecule has 0 radical (unpaired) electrons. The minimum absolute atomic E-state index is 0. The van der Waals surface area contributed by atoms with E-state index in [1.54, 1.807) is 0 Å². The van der Waals surface area contributed by atoms with Gasteiger partial charge in [0.25, 0.3) is 0 Å². The van der Waals surface area contributed by atoms with Gasteiger partial charge in [-0.15, -0.1) is 35.4 Å². The summed E-state index contributed by atoms with van der Waals surface area (Å²) >= 11 is 0. The molecule has 1 aliphatic rings. The summed E-state index contributed by atoms with van der Waals surface area (Å²) in [5, 5.41) is 0. The molecule has 0 bridgehead atoms. The van der Waals surface area contributed by atoms with Crippen molar-refractivity contribution in [3.8, 4) is 28.6 Å². The minimum atomic E-state index is 0. The van der Waals surface area contributed by atoms with Crippen molar-refractivity contribution in [2.24, 2.45) is 7.05 Å². The summed E-state index contributed by atoms with van der Waals surface area (Å²) in [6, 6.07) is 33.4. The standard InChI is InChI=1S/C29H20N4O.Pt/c1-31-19-33(28-12-5-4-11-27(28)31)21-7-6-8-22(17-21)34-23-14-13-20-15-16-32-26-10-3-2-9-25(26)30-29(32)24(20)18-23;/h2-14H,15-16H2,1H3;/q-2;. The fourth-order valence-corrected chi connectivity index (χ4v) is 4.82. The molecular weight excluding hydrogens is 615 g/mol. The fraction of sp³-hybridized carbons (Fsp3) is 0.103. The van der Waals surface area contributed by atoms with Gasteiger partial charge in [0.1, 0.15) is 0 Å². The summed E-state index contributed by atoms with van der Waals surface area (Å²) in [6.45, 7) is 0.922. The van der Waals surface area contributed by atoms with Gasteiger partial charge in [0.15, 0.2) is 0 Å². The van der Waals surface area contributed by atoms with E-state index in [0.717, 1.165) is 52.1 Å². The Morgan fingerprint density at radius 3 is 2.57 bits per heavy atom. The zero-order valence-electron chi connectivity index (χ0n) is 18.9. The molecule has 0 saturated heterocycles. The molecule has 1 aliphatic heterocycles. The minimum Gasteiger partial charge on any atom is -0.504 e. The molecule has 0 spiro atoms. The predicted molar refractivity (Wildman–Crippen MR) is 130 cm³/mol. The van der Waals surface area contributed by atoms with E-state index in [1.165, 1.54) is 5.56 Å². The van der Waals surface area contributed by atoms with Crippen molar-refractivity contribution in [2.75, 3.05) is 0 Å². The van der Waals surface area contributed by atoms with E-state index in [1.807, 2.05) is 58.6 Å². The van der Waals surface area contributed by atoms with E-state index in [2.05, 4.69) is 59.4 Å². The summed E-state index contributed by atoms with van der Waals surface area (Å²) in [5.41, 5.74) is 7.46. The number of aromatic nitrogens is 4. The van der Waals surface area contributed by atoms with Gasteiger partial charge < -0.3 is 18.4 Å². The number of hydrogen-bond donors (Lipinski definition) is 0. The second kappa shape index (κ2) is 8.51. The van der Waals surface area contributed by atoms with Crippen LogP contribution in [0.15, 0.2) is 78.9 Å². The first-order chi connectivity index (χ1) is 16.7. The first-order valence-electron chi connectivity index (χ1n) is 11.3. The Morgan fingerprint density at radius 1 is 0.857 bits per heavy atom. The molecule has 6 aromatic rings. The molecule has 0 atom stereocenters. The van der Waals surface area contributed by atoms with Crippen molar-refractivity contribution in [2.45, 2.75) is 13.0 Å². The van der Waals surface area contributed by atoms with Gasteiger partial charge in [-0.05, 0) is 18.6 Å². The molecule has 3 heterocycles. The number of hydrogen-bond acceptors (Lipinski definition) is 2. The predicted octanol–water partition coefficient (Wildman–Crippen LogP) is 5.22. The number of imidazole rings is 2. The number of aryl methyl sites for hydroxylation is 3. The zero-order valence-corrected chi connectivity index (χ0v) is 21.2. The second-order valence-corrected chi connectivity index (χ2v) is 8.53. The zero-order chi connectivity index (χ0) is 22.6. The van der Waals surface area contributed by atoms with Gasteiger partial charge in [0.05, 0.1) is 34.9 Å². The van der Waals surface area contributed by atoms with Gasteiger partial charge >= 0.3 is 0 Å². The van der Waals surface area contributed by atoms with Crippen molar-refractivity contribution in [3.05, 3.63) is 103 Å². The van der Waals surface area contributed by atoms with Crippen molar-refractivity contribution in [1.29, 1.82) is 0 Å². The molecule has 0 unspecified atom stereocenters. The molecule has 4 aromatic carbocycles.